The molecule has 1 saturated heterocycles. The second-order valence-corrected chi connectivity index (χ2v) is 9.04. The van der Waals surface area contributed by atoms with Crippen molar-refractivity contribution in [3.05, 3.63) is 41.4 Å². The Morgan fingerprint density at radius 1 is 1.08 bits per heavy atom. The van der Waals surface area contributed by atoms with Gasteiger partial charge in [0.2, 0.25) is 5.89 Å². The van der Waals surface area contributed by atoms with Gasteiger partial charge in [0.1, 0.15) is 22.6 Å². The van der Waals surface area contributed by atoms with E-state index >= 15 is 0 Å². The molecule has 0 atom stereocenters. The molecule has 0 bridgehead atoms. The molecule has 0 spiro atoms. The van der Waals surface area contributed by atoms with Crippen molar-refractivity contribution in [1.82, 2.24) is 19.8 Å². The van der Waals surface area contributed by atoms with E-state index in [1.165, 1.54) is 42.9 Å². The van der Waals surface area contributed by atoms with E-state index in [1.807, 2.05) is 0 Å². The number of pyridine rings is 1. The van der Waals surface area contributed by atoms with Gasteiger partial charge >= 0.3 is 6.18 Å². The van der Waals surface area contributed by atoms with Gasteiger partial charge in [0.05, 0.1) is 13.7 Å². The van der Waals surface area contributed by atoms with Gasteiger partial charge in [0.25, 0.3) is 11.8 Å². The van der Waals surface area contributed by atoms with Gasteiger partial charge in [-0.3, -0.25) is 9.59 Å². The zero-order valence-corrected chi connectivity index (χ0v) is 20.4. The first-order valence-corrected chi connectivity index (χ1v) is 11.4. The Kier molecular flexibility index (Phi) is 6.86. The highest BCUT2D eigenvalue weighted by molar-refractivity contribution is 5.98. The van der Waals surface area contributed by atoms with Crippen molar-refractivity contribution in [2.45, 2.75) is 32.2 Å². The molecule has 198 valence electrons. The molecule has 3 aromatic rings. The van der Waals surface area contributed by atoms with Gasteiger partial charge in [-0.1, -0.05) is 0 Å². The van der Waals surface area contributed by atoms with Gasteiger partial charge in [-0.2, -0.15) is 13.2 Å². The number of hydrogen-bond donors (Lipinski definition) is 2. The van der Waals surface area contributed by atoms with Crippen LogP contribution in [0, 0.1) is 0 Å². The molecule has 0 unspecified atom stereocenters. The van der Waals surface area contributed by atoms with Crippen molar-refractivity contribution in [3.63, 3.8) is 0 Å². The third kappa shape index (κ3) is 5.09. The van der Waals surface area contributed by atoms with E-state index in [0.29, 0.717) is 5.56 Å². The lowest BCUT2D eigenvalue weighted by Crippen LogP contribution is -2.55. The summed E-state index contributed by atoms with van der Waals surface area (Å²) >= 11 is 0. The number of aliphatic hydroxyl groups is 1. The molecule has 0 saturated carbocycles. The van der Waals surface area contributed by atoms with Gasteiger partial charge in [0, 0.05) is 37.1 Å². The van der Waals surface area contributed by atoms with Crippen LogP contribution >= 0.6 is 0 Å². The van der Waals surface area contributed by atoms with Crippen LogP contribution in [0.1, 0.15) is 35.8 Å². The zero-order chi connectivity index (χ0) is 27.1. The topological polar surface area (TPSA) is 135 Å². The molecular weight excluding hydrogens is 495 g/mol. The molecule has 0 radical (unpaired) electrons. The quantitative estimate of drug-likeness (QED) is 0.523. The summed E-state index contributed by atoms with van der Waals surface area (Å²) in [6.45, 7) is 3.54. The number of halogens is 3. The molecule has 10 nitrogen and oxygen atoms in total. The van der Waals surface area contributed by atoms with Crippen molar-refractivity contribution in [2.24, 2.45) is 5.73 Å². The Balaban J connectivity index is 1.66. The summed E-state index contributed by atoms with van der Waals surface area (Å²) in [4.78, 5) is 36.6. The molecule has 1 aliphatic rings. The number of piperazine rings is 1. The summed E-state index contributed by atoms with van der Waals surface area (Å²) in [5, 5.41) is 10.2. The van der Waals surface area contributed by atoms with Gasteiger partial charge in [-0.15, -0.1) is 0 Å². The van der Waals surface area contributed by atoms with E-state index in [0.717, 1.165) is 6.07 Å². The second-order valence-electron chi connectivity index (χ2n) is 9.04. The largest absolute Gasteiger partial charge is 0.494 e. The number of rotatable bonds is 5. The Morgan fingerprint density at radius 2 is 1.73 bits per heavy atom. The Morgan fingerprint density at radius 3 is 2.30 bits per heavy atom. The number of nitrogens with zero attached hydrogens (tertiary/aromatic N) is 4. The van der Waals surface area contributed by atoms with Gasteiger partial charge in [0.15, 0.2) is 11.5 Å². The number of methoxy groups -OCH3 is 1. The first kappa shape index (κ1) is 26.4. The maximum atomic E-state index is 13.3. The average molecular weight is 521 g/mol. The molecule has 1 aromatic carbocycles. The van der Waals surface area contributed by atoms with Crippen molar-refractivity contribution in [3.8, 4) is 17.2 Å². The van der Waals surface area contributed by atoms with Crippen LogP contribution in [0.15, 0.2) is 28.7 Å². The summed E-state index contributed by atoms with van der Waals surface area (Å²) in [5.41, 5.74) is 3.45. The summed E-state index contributed by atoms with van der Waals surface area (Å²) < 4.78 is 50.7. The summed E-state index contributed by atoms with van der Waals surface area (Å²) in [6.07, 6.45) is -4.65. The van der Waals surface area contributed by atoms with E-state index in [2.05, 4.69) is 9.97 Å². The van der Waals surface area contributed by atoms with E-state index < -0.39 is 29.3 Å². The lowest BCUT2D eigenvalue weighted by molar-refractivity contribution is -0.149. The van der Waals surface area contributed by atoms with E-state index in [9.17, 15) is 27.9 Å². The van der Waals surface area contributed by atoms with Crippen LogP contribution in [-0.4, -0.2) is 75.6 Å². The number of alkyl halides is 3. The molecule has 1 fully saturated rings. The molecular formula is C24H26F3N5O5. The van der Waals surface area contributed by atoms with Crippen molar-refractivity contribution >= 4 is 22.7 Å². The van der Waals surface area contributed by atoms with Crippen molar-refractivity contribution in [2.75, 3.05) is 33.3 Å². The average Bonchev–Trinajstić information content (AvgIpc) is 3.30. The number of benzene rings is 1. The lowest BCUT2D eigenvalue weighted by Gasteiger charge is -2.36. The highest BCUT2D eigenvalue weighted by Crippen LogP contribution is 2.37. The predicted molar refractivity (Wildman–Crippen MR) is 125 cm³/mol. The number of amides is 2. The lowest BCUT2D eigenvalue weighted by atomic mass is 10.1. The molecule has 3 heterocycles. The number of aromatic nitrogens is 2. The number of carbonyl (C=O) groups is 2. The maximum Gasteiger partial charge on any atom is 0.433 e. The molecule has 13 heteroatoms. The minimum Gasteiger partial charge on any atom is -0.494 e. The van der Waals surface area contributed by atoms with Gasteiger partial charge < -0.3 is 29.8 Å². The maximum absolute atomic E-state index is 13.3. The highest BCUT2D eigenvalue weighted by Gasteiger charge is 2.35. The molecule has 37 heavy (non-hydrogen) atoms. The van der Waals surface area contributed by atoms with Crippen LogP contribution in [0.2, 0.25) is 0 Å². The van der Waals surface area contributed by atoms with Crippen LogP contribution in [0.5, 0.6) is 5.75 Å². The van der Waals surface area contributed by atoms with Crippen LogP contribution in [0.3, 0.4) is 0 Å². The number of hydrogen-bond acceptors (Lipinski definition) is 8. The third-order valence-electron chi connectivity index (χ3n) is 6.02. The SMILES string of the molecule is COc1ccc(-c2nc(C(=O)N3CCN(C(=O)C(C)(C)O)CC3)c(CN)o2)c2ccc(C(F)(F)F)nc12. The van der Waals surface area contributed by atoms with Crippen LogP contribution in [0.25, 0.3) is 22.4 Å². The minimum absolute atomic E-state index is 0.00569. The van der Waals surface area contributed by atoms with Crippen molar-refractivity contribution < 1.29 is 37.0 Å². The van der Waals surface area contributed by atoms with E-state index in [4.69, 9.17) is 14.9 Å². The van der Waals surface area contributed by atoms with E-state index in [-0.39, 0.29) is 66.7 Å². The Bertz CT molecular complexity index is 1340. The summed E-state index contributed by atoms with van der Waals surface area (Å²) in [5.74, 6) is -0.654. The molecule has 2 aromatic heterocycles. The van der Waals surface area contributed by atoms with Crippen LogP contribution in [0.4, 0.5) is 13.2 Å². The first-order chi connectivity index (χ1) is 17.3. The third-order valence-corrected chi connectivity index (χ3v) is 6.02. The first-order valence-electron chi connectivity index (χ1n) is 11.4. The molecule has 2 amide bonds. The highest BCUT2D eigenvalue weighted by atomic mass is 19.4. The van der Waals surface area contributed by atoms with Crippen molar-refractivity contribution in [1.29, 1.82) is 0 Å². The fourth-order valence-corrected chi connectivity index (χ4v) is 4.12. The monoisotopic (exact) mass is 521 g/mol. The second kappa shape index (κ2) is 9.63. The predicted octanol–water partition coefficient (Wildman–Crippen LogP) is 2.43. The molecule has 4 rings (SSSR count). The fraction of sp³-hybridized carbons (Fsp3) is 0.417. The van der Waals surface area contributed by atoms with Crippen LogP contribution in [-0.2, 0) is 17.5 Å². The molecule has 3 N–H and O–H groups in total. The fourth-order valence-electron chi connectivity index (χ4n) is 4.12. The summed E-state index contributed by atoms with van der Waals surface area (Å²) in [6, 6.07) is 5.09. The normalized spacial score (nSPS) is 14.8. The van der Waals surface area contributed by atoms with E-state index in [1.54, 1.807) is 6.07 Å². The minimum atomic E-state index is -4.65. The number of oxazole rings is 1. The standard InChI is InChI=1S/C24H26F3N5O5/c1-23(2,35)22(34)32-10-8-31(9-11-32)21(33)19-16(12-28)37-20(30-19)14-4-6-15(36-3)18-13(14)5-7-17(29-18)24(25,26)27/h4-7,35H,8-12,28H2,1-3H3. The smallest absolute Gasteiger partial charge is 0.433 e. The number of ether oxygens (including phenoxy) is 1. The molecule has 0 aliphatic carbocycles. The number of nitrogens with two attached hydrogens (primary N) is 1. The van der Waals surface area contributed by atoms with Gasteiger partial charge in [-0.25, -0.2) is 9.97 Å². The Hall–Kier alpha value is -3.71. The summed E-state index contributed by atoms with van der Waals surface area (Å²) in [7, 11) is 1.32. The zero-order valence-electron chi connectivity index (χ0n) is 20.4. The Labute approximate surface area is 209 Å². The van der Waals surface area contributed by atoms with Gasteiger partial charge in [-0.05, 0) is 38.1 Å². The number of carbonyl (C=O) groups excluding carboxylic acids is 2. The van der Waals surface area contributed by atoms with Crippen LogP contribution < -0.4 is 10.5 Å². The molecule has 1 aliphatic heterocycles. The number of fused-ring (bicyclic) bond motifs is 1.